The molecule has 10 nitrogen and oxygen atoms in total. The highest BCUT2D eigenvalue weighted by atomic mass is 19.4. The van der Waals surface area contributed by atoms with Gasteiger partial charge in [-0.25, -0.2) is 29.9 Å². The van der Waals surface area contributed by atoms with E-state index in [0.717, 1.165) is 83.1 Å². The molecule has 0 aliphatic carbocycles. The molecule has 4 heterocycles. The van der Waals surface area contributed by atoms with Gasteiger partial charge in [0.1, 0.15) is 0 Å². The third kappa shape index (κ3) is 9.33. The molecule has 88 heavy (non-hydrogen) atoms. The molecule has 15 aromatic rings. The summed E-state index contributed by atoms with van der Waals surface area (Å²) in [6.07, 6.45) is -4.80. The Morgan fingerprint density at radius 1 is 0.284 bits per heavy atom. The summed E-state index contributed by atoms with van der Waals surface area (Å²) >= 11 is 0. The van der Waals surface area contributed by atoms with Gasteiger partial charge in [0.25, 0.3) is 0 Å². The van der Waals surface area contributed by atoms with Crippen LogP contribution >= 0.6 is 0 Å². The Morgan fingerprint density at radius 3 is 1.09 bits per heavy atom. The number of halogens is 3. The number of para-hydroxylation sites is 2. The topological polar surface area (TPSA) is 135 Å². The molecule has 0 atom stereocenters. The summed E-state index contributed by atoms with van der Waals surface area (Å²) < 4.78 is 50.1. The SMILES string of the molecule is N#Cc1ccc(-n2c3ccccc3c3cc(-c4nc(-c5ccccc5)nc(-c5ccccc5)n4)ccc32)c(-c2ccc(-c3ccc(C#N)cc3C(F)(F)F)cc2-n2c3ccccc3c3cc(-c4nc(-c5ccccc5)nc(-c5ccccc5)n4)ccc32)c1. The van der Waals surface area contributed by atoms with Gasteiger partial charge in [-0.3, -0.25) is 0 Å². The van der Waals surface area contributed by atoms with Crippen LogP contribution in [0.5, 0.6) is 0 Å². The molecule has 414 valence electrons. The van der Waals surface area contributed by atoms with E-state index in [2.05, 4.69) is 45.5 Å². The molecule has 0 radical (unpaired) electrons. The van der Waals surface area contributed by atoms with E-state index in [1.165, 1.54) is 12.1 Å². The highest BCUT2D eigenvalue weighted by Crippen LogP contribution is 2.46. The maximum absolute atomic E-state index is 15.3. The molecular formula is C75H43F3N10. The van der Waals surface area contributed by atoms with Crippen LogP contribution in [0, 0.1) is 22.7 Å². The van der Waals surface area contributed by atoms with Crippen LogP contribution < -0.4 is 0 Å². The summed E-state index contributed by atoms with van der Waals surface area (Å²) in [7, 11) is 0. The number of benzene rings is 11. The van der Waals surface area contributed by atoms with Gasteiger partial charge < -0.3 is 9.13 Å². The van der Waals surface area contributed by atoms with E-state index < -0.39 is 11.7 Å². The van der Waals surface area contributed by atoms with Gasteiger partial charge in [0.2, 0.25) is 0 Å². The van der Waals surface area contributed by atoms with Crippen LogP contribution in [0.15, 0.2) is 261 Å². The minimum Gasteiger partial charge on any atom is -0.309 e. The fourth-order valence-corrected chi connectivity index (χ4v) is 11.8. The molecule has 0 saturated carbocycles. The largest absolute Gasteiger partial charge is 0.417 e. The quantitative estimate of drug-likeness (QED) is 0.132. The van der Waals surface area contributed by atoms with Crippen molar-refractivity contribution in [2.24, 2.45) is 0 Å². The van der Waals surface area contributed by atoms with Crippen molar-refractivity contribution in [1.82, 2.24) is 39.0 Å². The van der Waals surface area contributed by atoms with Gasteiger partial charge >= 0.3 is 6.18 Å². The van der Waals surface area contributed by atoms with Crippen LogP contribution in [0.4, 0.5) is 13.2 Å². The molecule has 0 fully saturated rings. The minimum atomic E-state index is -4.80. The van der Waals surface area contributed by atoms with Gasteiger partial charge in [-0.15, -0.1) is 0 Å². The first kappa shape index (κ1) is 52.6. The maximum Gasteiger partial charge on any atom is 0.417 e. The summed E-state index contributed by atoms with van der Waals surface area (Å²) in [4.78, 5) is 30.1. The molecule has 0 aliphatic rings. The fraction of sp³-hybridized carbons (Fsp3) is 0.0133. The molecule has 11 aromatic carbocycles. The zero-order valence-electron chi connectivity index (χ0n) is 46.4. The van der Waals surface area contributed by atoms with Crippen molar-refractivity contribution in [3.05, 3.63) is 278 Å². The molecule has 13 heteroatoms. The first-order valence-corrected chi connectivity index (χ1v) is 28.3. The van der Waals surface area contributed by atoms with E-state index >= 15 is 13.2 Å². The van der Waals surface area contributed by atoms with Crippen LogP contribution in [-0.2, 0) is 6.18 Å². The number of hydrogen-bond donors (Lipinski definition) is 0. The summed E-state index contributed by atoms with van der Waals surface area (Å²) in [5.74, 6) is 3.02. The number of alkyl halides is 3. The van der Waals surface area contributed by atoms with Gasteiger partial charge in [0.05, 0.1) is 62.3 Å². The number of nitrogens with zero attached hydrogens (tertiary/aromatic N) is 10. The smallest absolute Gasteiger partial charge is 0.309 e. The second kappa shape index (κ2) is 21.5. The molecule has 15 rings (SSSR count). The third-order valence-electron chi connectivity index (χ3n) is 15.9. The lowest BCUT2D eigenvalue weighted by Gasteiger charge is -2.21. The van der Waals surface area contributed by atoms with Gasteiger partial charge in [0, 0.05) is 66.1 Å². The zero-order chi connectivity index (χ0) is 59.5. The van der Waals surface area contributed by atoms with Crippen molar-refractivity contribution in [1.29, 1.82) is 10.5 Å². The Morgan fingerprint density at radius 2 is 0.648 bits per heavy atom. The first-order valence-electron chi connectivity index (χ1n) is 28.3. The van der Waals surface area contributed by atoms with Crippen LogP contribution in [0.1, 0.15) is 16.7 Å². The Bertz CT molecular complexity index is 5220. The van der Waals surface area contributed by atoms with E-state index in [9.17, 15) is 10.5 Å². The number of hydrogen-bond acceptors (Lipinski definition) is 8. The second-order valence-corrected chi connectivity index (χ2v) is 21.2. The third-order valence-corrected chi connectivity index (χ3v) is 15.9. The number of nitriles is 2. The monoisotopic (exact) mass is 1140 g/mol. The Kier molecular flexibility index (Phi) is 12.8. The molecule has 0 unspecified atom stereocenters. The van der Waals surface area contributed by atoms with Crippen LogP contribution in [0.3, 0.4) is 0 Å². The maximum atomic E-state index is 15.3. The second-order valence-electron chi connectivity index (χ2n) is 21.2. The molecular weight excluding hydrogens is 1100 g/mol. The summed E-state index contributed by atoms with van der Waals surface area (Å²) in [6, 6.07) is 86.1. The van der Waals surface area contributed by atoms with E-state index in [-0.39, 0.29) is 16.7 Å². The lowest BCUT2D eigenvalue weighted by molar-refractivity contribution is -0.137. The Balaban J connectivity index is 0.961. The highest BCUT2D eigenvalue weighted by Gasteiger charge is 2.35. The van der Waals surface area contributed by atoms with Crippen molar-refractivity contribution in [3.63, 3.8) is 0 Å². The molecule has 0 bridgehead atoms. The molecule has 4 aromatic heterocycles. The fourth-order valence-electron chi connectivity index (χ4n) is 11.8. The van der Waals surface area contributed by atoms with Gasteiger partial charge in [-0.05, 0) is 96.1 Å². The molecule has 0 N–H and O–H groups in total. The van der Waals surface area contributed by atoms with E-state index in [0.29, 0.717) is 63.0 Å². The summed E-state index contributed by atoms with van der Waals surface area (Å²) in [5, 5.41) is 24.1. The standard InChI is InChI=1S/C75H43F3N10/c76-75(77,78)62-40-47(45-80)29-34-55(62)52-31-35-58(68(43-52)88-64-28-16-14-26-57(64)61-42-54(33-38-67(61)88)74-85-71(50-21-9-3-10-22-50)82-72(86-74)51-23-11-4-12-24-51)59-39-46(44-79)30-36-65(59)87-63-27-15-13-25-56(63)60-41-53(32-37-66(60)87)73-83-69(48-17-5-1-6-18-48)81-70(84-73)49-19-7-2-8-20-49/h1-43H. The number of aromatic nitrogens is 8. The summed E-state index contributed by atoms with van der Waals surface area (Å²) in [5.41, 5.74) is 10.0. The zero-order valence-corrected chi connectivity index (χ0v) is 46.4. The molecule has 0 spiro atoms. The van der Waals surface area contributed by atoms with Gasteiger partial charge in [-0.1, -0.05) is 176 Å². The van der Waals surface area contributed by atoms with Crippen molar-refractivity contribution in [3.8, 4) is 114 Å². The number of fused-ring (bicyclic) bond motifs is 6. The van der Waals surface area contributed by atoms with E-state index in [4.69, 9.17) is 29.9 Å². The van der Waals surface area contributed by atoms with Crippen LogP contribution in [-0.4, -0.2) is 39.0 Å². The van der Waals surface area contributed by atoms with Crippen molar-refractivity contribution < 1.29 is 13.2 Å². The molecule has 0 saturated heterocycles. The van der Waals surface area contributed by atoms with E-state index in [1.807, 2.05) is 200 Å². The predicted molar refractivity (Wildman–Crippen MR) is 340 cm³/mol. The first-order chi connectivity index (χ1) is 43.1. The lowest BCUT2D eigenvalue weighted by Crippen LogP contribution is -2.08. The van der Waals surface area contributed by atoms with E-state index in [1.54, 1.807) is 18.2 Å². The summed E-state index contributed by atoms with van der Waals surface area (Å²) in [6.45, 7) is 0. The Hall–Kier alpha value is -12.2. The van der Waals surface area contributed by atoms with Crippen molar-refractivity contribution >= 4 is 43.6 Å². The molecule has 0 amide bonds. The van der Waals surface area contributed by atoms with Crippen LogP contribution in [0.25, 0.3) is 146 Å². The van der Waals surface area contributed by atoms with Crippen molar-refractivity contribution in [2.45, 2.75) is 6.18 Å². The minimum absolute atomic E-state index is 0.102. The average molecular weight is 1140 g/mol. The van der Waals surface area contributed by atoms with Crippen molar-refractivity contribution in [2.75, 3.05) is 0 Å². The normalized spacial score (nSPS) is 11.6. The van der Waals surface area contributed by atoms with Gasteiger partial charge in [-0.2, -0.15) is 23.7 Å². The highest BCUT2D eigenvalue weighted by molar-refractivity contribution is 6.13. The average Bonchev–Trinajstić information content (AvgIpc) is 1.92. The Labute approximate surface area is 501 Å². The lowest BCUT2D eigenvalue weighted by atomic mass is 9.92. The number of rotatable bonds is 10. The van der Waals surface area contributed by atoms with Gasteiger partial charge in [0.15, 0.2) is 34.9 Å². The van der Waals surface area contributed by atoms with Crippen LogP contribution in [0.2, 0.25) is 0 Å². The molecule has 0 aliphatic heterocycles. The predicted octanol–water partition coefficient (Wildman–Crippen LogP) is 18.3.